The first-order chi connectivity index (χ1) is 14.5. The van der Waals surface area contributed by atoms with Crippen molar-refractivity contribution < 1.29 is 28.5 Å². The van der Waals surface area contributed by atoms with E-state index in [-0.39, 0.29) is 18.0 Å². The maximum Gasteiger partial charge on any atom is 0.305 e. The highest BCUT2D eigenvalue weighted by Crippen LogP contribution is 2.28. The molecule has 0 spiro atoms. The Hall–Kier alpha value is -2.32. The first kappa shape index (κ1) is 24.0. The molecule has 30 heavy (non-hydrogen) atoms. The van der Waals surface area contributed by atoms with E-state index in [4.69, 9.17) is 18.9 Å². The molecule has 168 valence electrons. The second kappa shape index (κ2) is 12.4. The Morgan fingerprint density at radius 3 is 2.57 bits per heavy atom. The van der Waals surface area contributed by atoms with Crippen LogP contribution in [0.3, 0.4) is 0 Å². The molecule has 1 aromatic carbocycles. The Balaban J connectivity index is 1.94. The van der Waals surface area contributed by atoms with E-state index in [2.05, 4.69) is 17.1 Å². The molecular formula is C22H34N2O6. The zero-order valence-electron chi connectivity index (χ0n) is 18.4. The summed E-state index contributed by atoms with van der Waals surface area (Å²) in [6.45, 7) is 4.78. The molecule has 1 aliphatic rings. The molecule has 0 radical (unpaired) electrons. The highest BCUT2D eigenvalue weighted by Gasteiger charge is 2.25. The predicted octanol–water partition coefficient (Wildman–Crippen LogP) is 2.26. The quantitative estimate of drug-likeness (QED) is 0.432. The van der Waals surface area contributed by atoms with Crippen molar-refractivity contribution in [1.29, 1.82) is 0 Å². The number of nitrogens with one attached hydrogen (secondary N) is 1. The summed E-state index contributed by atoms with van der Waals surface area (Å²) < 4.78 is 21.2. The van der Waals surface area contributed by atoms with Crippen LogP contribution in [0.2, 0.25) is 0 Å². The molecule has 8 nitrogen and oxygen atoms in total. The van der Waals surface area contributed by atoms with Gasteiger partial charge in [-0.1, -0.05) is 0 Å². The number of likely N-dealkylation sites (tertiary alicyclic amines) is 1. The van der Waals surface area contributed by atoms with Crippen LogP contribution in [0.4, 0.5) is 0 Å². The molecule has 1 N–H and O–H groups in total. The van der Waals surface area contributed by atoms with Crippen molar-refractivity contribution in [2.75, 3.05) is 47.6 Å². The van der Waals surface area contributed by atoms with Gasteiger partial charge in [-0.3, -0.25) is 9.59 Å². The van der Waals surface area contributed by atoms with Gasteiger partial charge in [-0.05, 0) is 38.3 Å². The Morgan fingerprint density at radius 1 is 1.20 bits per heavy atom. The van der Waals surface area contributed by atoms with Gasteiger partial charge in [0.05, 0.1) is 26.4 Å². The van der Waals surface area contributed by atoms with Crippen LogP contribution in [-0.4, -0.2) is 76.5 Å². The number of piperidine rings is 1. The van der Waals surface area contributed by atoms with Crippen LogP contribution >= 0.6 is 0 Å². The summed E-state index contributed by atoms with van der Waals surface area (Å²) in [5, 5.41) is 2.83. The number of carbonyl (C=O) groups is 2. The van der Waals surface area contributed by atoms with Crippen LogP contribution in [-0.2, 0) is 14.3 Å². The monoisotopic (exact) mass is 422 g/mol. The van der Waals surface area contributed by atoms with Gasteiger partial charge < -0.3 is 29.2 Å². The van der Waals surface area contributed by atoms with Crippen LogP contribution in [0, 0.1) is 0 Å². The number of esters is 1. The van der Waals surface area contributed by atoms with Crippen molar-refractivity contribution in [3.8, 4) is 11.5 Å². The lowest BCUT2D eigenvalue weighted by Gasteiger charge is -2.36. The standard InChI is InChI=1S/C22H34N2O6/c1-16(5-8-21(25)29-4)24-12-9-17(10-13-24)30-20-15-18(28-3)6-7-19(20)22(26)23-11-14-27-2/h6-7,15-17H,5,8-14H2,1-4H3,(H,23,26). The molecule has 1 unspecified atom stereocenters. The average Bonchev–Trinajstić information content (AvgIpc) is 2.77. The van der Waals surface area contributed by atoms with Gasteiger partial charge in [0.25, 0.3) is 5.91 Å². The minimum absolute atomic E-state index is 0.0201. The van der Waals surface area contributed by atoms with Crippen molar-refractivity contribution in [3.63, 3.8) is 0 Å². The van der Waals surface area contributed by atoms with Crippen LogP contribution in [0.15, 0.2) is 18.2 Å². The number of hydrogen-bond donors (Lipinski definition) is 1. The molecule has 1 amide bonds. The first-order valence-corrected chi connectivity index (χ1v) is 10.4. The molecule has 1 atom stereocenters. The smallest absolute Gasteiger partial charge is 0.305 e. The summed E-state index contributed by atoms with van der Waals surface area (Å²) in [5.74, 6) is 0.807. The third-order valence-electron chi connectivity index (χ3n) is 5.41. The van der Waals surface area contributed by atoms with E-state index in [1.807, 2.05) is 0 Å². The number of nitrogens with zero attached hydrogens (tertiary/aromatic N) is 1. The predicted molar refractivity (Wildman–Crippen MR) is 113 cm³/mol. The summed E-state index contributed by atoms with van der Waals surface area (Å²) in [6.07, 6.45) is 2.93. The van der Waals surface area contributed by atoms with Crippen molar-refractivity contribution in [1.82, 2.24) is 10.2 Å². The van der Waals surface area contributed by atoms with Gasteiger partial charge in [0.2, 0.25) is 0 Å². The number of benzene rings is 1. The van der Waals surface area contributed by atoms with Crippen LogP contribution < -0.4 is 14.8 Å². The number of ether oxygens (including phenoxy) is 4. The lowest BCUT2D eigenvalue weighted by atomic mass is 10.0. The van der Waals surface area contributed by atoms with Crippen LogP contribution in [0.5, 0.6) is 11.5 Å². The van der Waals surface area contributed by atoms with Gasteiger partial charge in [-0.15, -0.1) is 0 Å². The normalized spacial score (nSPS) is 16.0. The summed E-state index contributed by atoms with van der Waals surface area (Å²) in [6, 6.07) is 5.55. The summed E-state index contributed by atoms with van der Waals surface area (Å²) in [4.78, 5) is 26.3. The number of rotatable bonds is 11. The fraction of sp³-hybridized carbons (Fsp3) is 0.636. The Bertz CT molecular complexity index is 688. The second-order valence-electron chi connectivity index (χ2n) is 7.43. The van der Waals surface area contributed by atoms with Crippen molar-refractivity contribution in [3.05, 3.63) is 23.8 Å². The molecule has 0 aromatic heterocycles. The SMILES string of the molecule is COCCNC(=O)c1ccc(OC)cc1OC1CCN(C(C)CCC(=O)OC)CC1. The van der Waals surface area contributed by atoms with Crippen molar-refractivity contribution >= 4 is 11.9 Å². The minimum Gasteiger partial charge on any atom is -0.497 e. The summed E-state index contributed by atoms with van der Waals surface area (Å²) in [5.41, 5.74) is 0.487. The van der Waals surface area contributed by atoms with E-state index in [1.54, 1.807) is 32.4 Å². The number of amides is 1. The molecule has 2 rings (SSSR count). The molecule has 1 aromatic rings. The van der Waals surface area contributed by atoms with E-state index in [9.17, 15) is 9.59 Å². The van der Waals surface area contributed by atoms with Crippen molar-refractivity contribution in [2.45, 2.75) is 44.8 Å². The third kappa shape index (κ3) is 7.18. The zero-order valence-corrected chi connectivity index (χ0v) is 18.4. The Morgan fingerprint density at radius 2 is 1.93 bits per heavy atom. The fourth-order valence-corrected chi connectivity index (χ4v) is 3.50. The van der Waals surface area contributed by atoms with E-state index in [0.29, 0.717) is 42.7 Å². The molecule has 1 aliphatic heterocycles. The summed E-state index contributed by atoms with van der Waals surface area (Å²) in [7, 11) is 4.60. The molecule has 0 aliphatic carbocycles. The van der Waals surface area contributed by atoms with Gasteiger partial charge in [0.1, 0.15) is 17.6 Å². The van der Waals surface area contributed by atoms with E-state index < -0.39 is 0 Å². The average molecular weight is 423 g/mol. The number of methoxy groups -OCH3 is 3. The third-order valence-corrected chi connectivity index (χ3v) is 5.41. The highest BCUT2D eigenvalue weighted by atomic mass is 16.5. The van der Waals surface area contributed by atoms with Crippen LogP contribution in [0.25, 0.3) is 0 Å². The molecule has 0 saturated carbocycles. The van der Waals surface area contributed by atoms with Gasteiger partial charge >= 0.3 is 5.97 Å². The molecule has 1 saturated heterocycles. The maximum absolute atomic E-state index is 12.5. The second-order valence-corrected chi connectivity index (χ2v) is 7.43. The lowest BCUT2D eigenvalue weighted by molar-refractivity contribution is -0.141. The van der Waals surface area contributed by atoms with Crippen molar-refractivity contribution in [2.24, 2.45) is 0 Å². The van der Waals surface area contributed by atoms with Gasteiger partial charge in [-0.25, -0.2) is 0 Å². The van der Waals surface area contributed by atoms with Crippen LogP contribution in [0.1, 0.15) is 43.0 Å². The van der Waals surface area contributed by atoms with E-state index in [1.165, 1.54) is 7.11 Å². The molecule has 1 fully saturated rings. The topological polar surface area (TPSA) is 86.3 Å². The lowest BCUT2D eigenvalue weighted by Crippen LogP contribution is -2.43. The van der Waals surface area contributed by atoms with E-state index >= 15 is 0 Å². The van der Waals surface area contributed by atoms with Gasteiger partial charge in [0, 0.05) is 45.3 Å². The Labute approximate surface area is 178 Å². The summed E-state index contributed by atoms with van der Waals surface area (Å²) >= 11 is 0. The maximum atomic E-state index is 12.5. The molecule has 8 heteroatoms. The fourth-order valence-electron chi connectivity index (χ4n) is 3.50. The van der Waals surface area contributed by atoms with Gasteiger partial charge in [-0.2, -0.15) is 0 Å². The molecular weight excluding hydrogens is 388 g/mol. The molecule has 0 bridgehead atoms. The molecule has 1 heterocycles. The highest BCUT2D eigenvalue weighted by molar-refractivity contribution is 5.97. The van der Waals surface area contributed by atoms with E-state index in [0.717, 1.165) is 32.4 Å². The zero-order chi connectivity index (χ0) is 21.9. The minimum atomic E-state index is -0.196. The first-order valence-electron chi connectivity index (χ1n) is 10.4. The number of hydrogen-bond acceptors (Lipinski definition) is 7. The Kier molecular flexibility index (Phi) is 9.89. The largest absolute Gasteiger partial charge is 0.497 e. The van der Waals surface area contributed by atoms with Gasteiger partial charge in [0.15, 0.2) is 0 Å². The number of carbonyl (C=O) groups excluding carboxylic acids is 2.